The Morgan fingerprint density at radius 3 is 2.30 bits per heavy atom. The van der Waals surface area contributed by atoms with Gasteiger partial charge in [-0.2, -0.15) is 0 Å². The summed E-state index contributed by atoms with van der Waals surface area (Å²) in [4.78, 5) is 25.0. The highest BCUT2D eigenvalue weighted by atomic mass is 35.5. The van der Waals surface area contributed by atoms with Crippen molar-refractivity contribution in [3.63, 3.8) is 0 Å². The van der Waals surface area contributed by atoms with Crippen molar-refractivity contribution in [2.45, 2.75) is 23.8 Å². The Bertz CT molecular complexity index is 1710. The Morgan fingerprint density at radius 1 is 1.00 bits per heavy atom. The number of sulfone groups is 1. The summed E-state index contributed by atoms with van der Waals surface area (Å²) in [6, 6.07) is 16.7. The third-order valence-corrected chi connectivity index (χ3v) is 10.3. The van der Waals surface area contributed by atoms with Crippen molar-refractivity contribution >= 4 is 68.5 Å². The lowest BCUT2D eigenvalue weighted by atomic mass is 10.0. The zero-order valence-electron chi connectivity index (χ0n) is 21.6. The van der Waals surface area contributed by atoms with Crippen LogP contribution in [0.3, 0.4) is 0 Å². The largest absolute Gasteiger partial charge is 0.480 e. The number of halogens is 2. The van der Waals surface area contributed by atoms with Gasteiger partial charge in [0.15, 0.2) is 15.3 Å². The second kappa shape index (κ2) is 11.8. The van der Waals surface area contributed by atoms with E-state index in [4.69, 9.17) is 27.6 Å². The van der Waals surface area contributed by atoms with E-state index in [9.17, 15) is 27.7 Å². The van der Waals surface area contributed by atoms with E-state index in [2.05, 4.69) is 5.32 Å². The van der Waals surface area contributed by atoms with Crippen molar-refractivity contribution < 1.29 is 32.1 Å². The number of furan rings is 1. The number of carboxylic acids is 1. The molecule has 2 unspecified atom stereocenters. The van der Waals surface area contributed by atoms with Crippen LogP contribution >= 0.6 is 30.3 Å². The molecular formula is C28H26Cl2NO7PS. The van der Waals surface area contributed by atoms with Crippen LogP contribution < -0.4 is 10.8 Å². The molecule has 1 heterocycles. The molecule has 0 aliphatic rings. The van der Waals surface area contributed by atoms with Gasteiger partial charge in [0, 0.05) is 24.2 Å². The summed E-state index contributed by atoms with van der Waals surface area (Å²) in [5, 5.41) is 13.0. The van der Waals surface area contributed by atoms with Gasteiger partial charge in [-0.3, -0.25) is 4.79 Å². The highest BCUT2D eigenvalue weighted by Gasteiger charge is 2.26. The van der Waals surface area contributed by atoms with Gasteiger partial charge in [0.05, 0.1) is 20.5 Å². The monoisotopic (exact) mass is 621 g/mol. The second-order valence-electron chi connectivity index (χ2n) is 9.62. The quantitative estimate of drug-likeness (QED) is 0.226. The van der Waals surface area contributed by atoms with E-state index in [1.165, 1.54) is 30.3 Å². The fourth-order valence-corrected chi connectivity index (χ4v) is 7.21. The fourth-order valence-electron chi connectivity index (χ4n) is 4.21. The zero-order valence-corrected chi connectivity index (χ0v) is 24.8. The van der Waals surface area contributed by atoms with Crippen LogP contribution in [0, 0.1) is 0 Å². The molecule has 210 valence electrons. The molecule has 1 aromatic heterocycles. The molecule has 2 atom stereocenters. The minimum atomic E-state index is -3.49. The maximum atomic E-state index is 13.4. The lowest BCUT2D eigenvalue weighted by Gasteiger charge is -2.17. The van der Waals surface area contributed by atoms with Crippen molar-refractivity contribution in [1.82, 2.24) is 5.32 Å². The number of carbonyl (C=O) groups is 2. The van der Waals surface area contributed by atoms with Crippen molar-refractivity contribution in [2.24, 2.45) is 0 Å². The van der Waals surface area contributed by atoms with Crippen LogP contribution in [-0.4, -0.2) is 50.5 Å². The molecule has 0 radical (unpaired) electrons. The molecule has 40 heavy (non-hydrogen) atoms. The second-order valence-corrected chi connectivity index (χ2v) is 15.5. The van der Waals surface area contributed by atoms with Gasteiger partial charge in [0.25, 0.3) is 5.91 Å². The first-order valence-corrected chi connectivity index (χ1v) is 17.1. The molecule has 0 saturated carbocycles. The van der Waals surface area contributed by atoms with Gasteiger partial charge in [0.2, 0.25) is 0 Å². The van der Waals surface area contributed by atoms with Crippen LogP contribution in [0.5, 0.6) is 0 Å². The first kappa shape index (κ1) is 29.9. The van der Waals surface area contributed by atoms with Gasteiger partial charge >= 0.3 is 5.97 Å². The minimum absolute atomic E-state index is 0.0119. The topological polar surface area (TPSA) is 131 Å². The molecule has 0 spiro atoms. The summed E-state index contributed by atoms with van der Waals surface area (Å²) in [5.41, 5.74) is 2.04. The van der Waals surface area contributed by atoms with Gasteiger partial charge in [-0.15, -0.1) is 0 Å². The number of amides is 1. The molecule has 0 aliphatic carbocycles. The van der Waals surface area contributed by atoms with Crippen molar-refractivity contribution in [3.8, 4) is 0 Å². The zero-order chi connectivity index (χ0) is 29.2. The molecule has 4 aromatic rings. The molecule has 12 heteroatoms. The standard InChI is InChI=1S/C28H26Cl2NO7PS/c1-39(35,25-16-19-7-3-4-9-24(19)38-25)11-10-18-13-21(29)26(22(30)14-18)27(32)31-23(28(33)34)15-17-6-5-8-20(12-17)40(2,36)37/h3-9,12-14,16,23H,10-11,15H2,1-2H3,(H,31,32)(H,33,34). The molecular weight excluding hydrogens is 596 g/mol. The van der Waals surface area contributed by atoms with Gasteiger partial charge in [-0.25, -0.2) is 13.2 Å². The predicted octanol–water partition coefficient (Wildman–Crippen LogP) is 5.43. The molecule has 4 rings (SSSR count). The van der Waals surface area contributed by atoms with Crippen LogP contribution in [0.1, 0.15) is 21.5 Å². The lowest BCUT2D eigenvalue weighted by Crippen LogP contribution is -2.42. The molecule has 0 bridgehead atoms. The Kier molecular flexibility index (Phi) is 8.80. The third-order valence-electron chi connectivity index (χ3n) is 6.40. The molecule has 0 saturated heterocycles. The number of hydrogen-bond acceptors (Lipinski definition) is 6. The van der Waals surface area contributed by atoms with E-state index in [-0.39, 0.29) is 33.1 Å². The molecule has 2 N–H and O–H groups in total. The number of hydrogen-bond donors (Lipinski definition) is 2. The van der Waals surface area contributed by atoms with E-state index in [1.54, 1.807) is 18.8 Å². The average molecular weight is 622 g/mol. The SMILES string of the molecule is CP(=O)(CCc1cc(Cl)c(C(=O)NC(Cc2cccc(S(C)(=O)=O)c2)C(=O)O)c(Cl)c1)c1cc2ccccc2o1. The van der Waals surface area contributed by atoms with E-state index >= 15 is 0 Å². The molecule has 0 aliphatic heterocycles. The van der Waals surface area contributed by atoms with E-state index < -0.39 is 34.9 Å². The predicted molar refractivity (Wildman–Crippen MR) is 157 cm³/mol. The van der Waals surface area contributed by atoms with E-state index in [0.717, 1.165) is 11.6 Å². The summed E-state index contributed by atoms with van der Waals surface area (Å²) in [7, 11) is -6.35. The van der Waals surface area contributed by atoms with Gasteiger partial charge in [-0.05, 0) is 60.6 Å². The highest BCUT2D eigenvalue weighted by Crippen LogP contribution is 2.42. The average Bonchev–Trinajstić information content (AvgIpc) is 3.32. The number of carbonyl (C=O) groups excluding carboxylic acids is 1. The minimum Gasteiger partial charge on any atom is -0.480 e. The Balaban J connectivity index is 1.48. The van der Waals surface area contributed by atoms with Crippen LogP contribution in [-0.2, 0) is 32.0 Å². The maximum absolute atomic E-state index is 13.4. The molecule has 0 fully saturated rings. The van der Waals surface area contributed by atoms with Gasteiger partial charge < -0.3 is 19.4 Å². The van der Waals surface area contributed by atoms with Crippen molar-refractivity contribution in [3.05, 3.63) is 93.5 Å². The highest BCUT2D eigenvalue weighted by molar-refractivity contribution is 7.90. The molecule has 3 aromatic carbocycles. The lowest BCUT2D eigenvalue weighted by molar-refractivity contribution is -0.139. The van der Waals surface area contributed by atoms with Crippen LogP contribution in [0.15, 0.2) is 76.0 Å². The van der Waals surface area contributed by atoms with Crippen LogP contribution in [0.25, 0.3) is 11.0 Å². The number of nitrogens with one attached hydrogen (secondary N) is 1. The summed E-state index contributed by atoms with van der Waals surface area (Å²) in [6.45, 7) is 1.65. The van der Waals surface area contributed by atoms with Crippen LogP contribution in [0.2, 0.25) is 10.0 Å². The van der Waals surface area contributed by atoms with Crippen molar-refractivity contribution in [2.75, 3.05) is 19.1 Å². The number of carboxylic acid groups (broad SMARTS) is 1. The number of rotatable bonds is 10. The smallest absolute Gasteiger partial charge is 0.326 e. The summed E-state index contributed by atoms with van der Waals surface area (Å²) in [6.07, 6.45) is 1.51. The number of benzene rings is 3. The maximum Gasteiger partial charge on any atom is 0.326 e. The first-order chi connectivity index (χ1) is 18.7. The Labute approximate surface area is 241 Å². The Hall–Kier alpha value is -3.10. The normalized spacial score (nSPS) is 14.0. The Morgan fingerprint density at radius 2 is 1.68 bits per heavy atom. The molecule has 8 nitrogen and oxygen atoms in total. The third kappa shape index (κ3) is 6.96. The molecule has 1 amide bonds. The van der Waals surface area contributed by atoms with Crippen molar-refractivity contribution in [1.29, 1.82) is 0 Å². The summed E-state index contributed by atoms with van der Waals surface area (Å²) < 4.78 is 42.9. The van der Waals surface area contributed by atoms with Crippen LogP contribution in [0.4, 0.5) is 0 Å². The number of aryl methyl sites for hydroxylation is 1. The number of aliphatic carboxylic acids is 1. The van der Waals surface area contributed by atoms with E-state index in [0.29, 0.717) is 28.6 Å². The summed E-state index contributed by atoms with van der Waals surface area (Å²) in [5.74, 6) is -2.11. The fraction of sp³-hybridized carbons (Fsp3) is 0.214. The summed E-state index contributed by atoms with van der Waals surface area (Å²) >= 11 is 12.8. The number of para-hydroxylation sites is 1. The number of fused-ring (bicyclic) bond motifs is 1. The van der Waals surface area contributed by atoms with Gasteiger partial charge in [0.1, 0.15) is 18.8 Å². The van der Waals surface area contributed by atoms with Gasteiger partial charge in [-0.1, -0.05) is 53.5 Å². The first-order valence-electron chi connectivity index (χ1n) is 12.1. The van der Waals surface area contributed by atoms with E-state index in [1.807, 2.05) is 24.3 Å².